The zero-order chi connectivity index (χ0) is 16.9. The van der Waals surface area contributed by atoms with Crippen molar-refractivity contribution in [3.05, 3.63) is 58.6 Å². The van der Waals surface area contributed by atoms with Gasteiger partial charge in [-0.3, -0.25) is 4.79 Å². The lowest BCUT2D eigenvalue weighted by atomic mass is 10.1. The van der Waals surface area contributed by atoms with Crippen LogP contribution in [-0.4, -0.2) is 30.3 Å². The van der Waals surface area contributed by atoms with Crippen LogP contribution in [0.2, 0.25) is 5.02 Å². The molecule has 0 amide bonds. The van der Waals surface area contributed by atoms with Gasteiger partial charge in [-0.1, -0.05) is 41.9 Å². The Hall–Kier alpha value is -2.24. The molecule has 0 fully saturated rings. The molecule has 2 aromatic carbocycles. The fourth-order valence-electron chi connectivity index (χ4n) is 2.60. The first-order valence-electron chi connectivity index (χ1n) is 7.71. The predicted molar refractivity (Wildman–Crippen MR) is 90.9 cm³/mol. The maximum Gasteiger partial charge on any atom is 0.321 e. The smallest absolute Gasteiger partial charge is 0.321 e. The van der Waals surface area contributed by atoms with Crippen LogP contribution in [0.25, 0.3) is 0 Å². The van der Waals surface area contributed by atoms with E-state index in [-0.39, 0.29) is 0 Å². The van der Waals surface area contributed by atoms with Crippen molar-refractivity contribution in [2.45, 2.75) is 19.0 Å². The number of hydrogen-bond acceptors (Lipinski definition) is 4. The summed E-state index contributed by atoms with van der Waals surface area (Å²) in [4.78, 5) is 11.5. The van der Waals surface area contributed by atoms with Crippen LogP contribution in [0.1, 0.15) is 11.1 Å². The third-order valence-electron chi connectivity index (χ3n) is 3.79. The van der Waals surface area contributed by atoms with E-state index in [0.29, 0.717) is 42.7 Å². The second-order valence-corrected chi connectivity index (χ2v) is 5.97. The summed E-state index contributed by atoms with van der Waals surface area (Å²) in [6.45, 7) is 1.33. The molecule has 0 aromatic heterocycles. The molecule has 126 valence electrons. The van der Waals surface area contributed by atoms with Crippen LogP contribution in [0, 0.1) is 0 Å². The second-order valence-electron chi connectivity index (χ2n) is 5.56. The van der Waals surface area contributed by atoms with E-state index in [1.54, 1.807) is 6.07 Å². The molecule has 1 atom stereocenters. The standard InChI is InChI=1S/C18H18ClNO4/c19-14-8-13(10-16-17(14)24-7-6-23-16)11-20-15(18(21)22)9-12-4-2-1-3-5-12/h1-5,8,10,15,20H,6-7,9,11H2,(H,21,22)/t15-/m1/s1. The van der Waals surface area contributed by atoms with Crippen LogP contribution in [0.5, 0.6) is 11.5 Å². The Morgan fingerprint density at radius 1 is 1.17 bits per heavy atom. The van der Waals surface area contributed by atoms with E-state index in [1.165, 1.54) is 0 Å². The van der Waals surface area contributed by atoms with Gasteiger partial charge in [-0.2, -0.15) is 0 Å². The van der Waals surface area contributed by atoms with Crippen LogP contribution < -0.4 is 14.8 Å². The highest BCUT2D eigenvalue weighted by Crippen LogP contribution is 2.38. The largest absolute Gasteiger partial charge is 0.486 e. The molecule has 2 aromatic rings. The van der Waals surface area contributed by atoms with E-state index < -0.39 is 12.0 Å². The van der Waals surface area contributed by atoms with Gasteiger partial charge in [0, 0.05) is 6.54 Å². The topological polar surface area (TPSA) is 67.8 Å². The molecule has 1 aliphatic rings. The highest BCUT2D eigenvalue weighted by Gasteiger charge is 2.20. The Morgan fingerprint density at radius 2 is 1.92 bits per heavy atom. The van der Waals surface area contributed by atoms with Crippen molar-refractivity contribution in [3.63, 3.8) is 0 Å². The molecular formula is C18H18ClNO4. The molecule has 0 unspecified atom stereocenters. The summed E-state index contributed by atoms with van der Waals surface area (Å²) in [6, 6.07) is 12.4. The third-order valence-corrected chi connectivity index (χ3v) is 4.07. The number of aliphatic carboxylic acids is 1. The second kappa shape index (κ2) is 7.55. The Morgan fingerprint density at radius 3 is 2.67 bits per heavy atom. The predicted octanol–water partition coefficient (Wildman–Crippen LogP) is 2.90. The summed E-state index contributed by atoms with van der Waals surface area (Å²) in [6.07, 6.45) is 0.411. The highest BCUT2D eigenvalue weighted by molar-refractivity contribution is 6.32. The molecule has 6 heteroatoms. The molecule has 0 bridgehead atoms. The number of rotatable bonds is 6. The summed E-state index contributed by atoms with van der Waals surface area (Å²) >= 11 is 6.21. The van der Waals surface area contributed by atoms with Crippen LogP contribution in [-0.2, 0) is 17.8 Å². The van der Waals surface area contributed by atoms with Crippen molar-refractivity contribution in [2.75, 3.05) is 13.2 Å². The summed E-state index contributed by atoms with van der Waals surface area (Å²) < 4.78 is 11.0. The van der Waals surface area contributed by atoms with Crippen molar-refractivity contribution >= 4 is 17.6 Å². The fourth-order valence-corrected chi connectivity index (χ4v) is 2.89. The Balaban J connectivity index is 1.68. The van der Waals surface area contributed by atoms with E-state index in [0.717, 1.165) is 11.1 Å². The van der Waals surface area contributed by atoms with Gasteiger partial charge in [0.2, 0.25) is 0 Å². The first-order valence-corrected chi connectivity index (χ1v) is 8.09. The first kappa shape index (κ1) is 16.6. The van der Waals surface area contributed by atoms with Gasteiger partial charge in [-0.05, 0) is 29.7 Å². The van der Waals surface area contributed by atoms with Crippen molar-refractivity contribution in [1.29, 1.82) is 0 Å². The molecule has 0 saturated carbocycles. The molecule has 0 aliphatic carbocycles. The molecule has 1 aliphatic heterocycles. The van der Waals surface area contributed by atoms with E-state index in [4.69, 9.17) is 21.1 Å². The number of carboxylic acid groups (broad SMARTS) is 1. The minimum absolute atomic E-state index is 0.375. The van der Waals surface area contributed by atoms with Crippen molar-refractivity contribution < 1.29 is 19.4 Å². The number of ether oxygens (including phenoxy) is 2. The lowest BCUT2D eigenvalue weighted by Gasteiger charge is -2.21. The maximum atomic E-state index is 11.5. The molecule has 5 nitrogen and oxygen atoms in total. The molecule has 0 spiro atoms. The molecule has 0 radical (unpaired) electrons. The van der Waals surface area contributed by atoms with E-state index in [2.05, 4.69) is 5.32 Å². The van der Waals surface area contributed by atoms with Crippen LogP contribution in [0.3, 0.4) is 0 Å². The Kier molecular flexibility index (Phi) is 5.23. The van der Waals surface area contributed by atoms with E-state index in [1.807, 2.05) is 36.4 Å². The molecule has 2 N–H and O–H groups in total. The number of carbonyl (C=O) groups is 1. The van der Waals surface area contributed by atoms with Gasteiger partial charge < -0.3 is 19.9 Å². The molecule has 24 heavy (non-hydrogen) atoms. The fraction of sp³-hybridized carbons (Fsp3) is 0.278. The number of carboxylic acids is 1. The van der Waals surface area contributed by atoms with E-state index >= 15 is 0 Å². The third kappa shape index (κ3) is 3.99. The first-order chi connectivity index (χ1) is 11.6. The summed E-state index contributed by atoms with van der Waals surface area (Å²) in [5.41, 5.74) is 1.82. The Labute approximate surface area is 145 Å². The van der Waals surface area contributed by atoms with Crippen LogP contribution >= 0.6 is 11.6 Å². The van der Waals surface area contributed by atoms with Gasteiger partial charge in [-0.15, -0.1) is 0 Å². The summed E-state index contributed by atoms with van der Waals surface area (Å²) in [7, 11) is 0. The lowest BCUT2D eigenvalue weighted by molar-refractivity contribution is -0.139. The number of benzene rings is 2. The van der Waals surface area contributed by atoms with Crippen molar-refractivity contribution in [3.8, 4) is 11.5 Å². The highest BCUT2D eigenvalue weighted by atomic mass is 35.5. The monoisotopic (exact) mass is 347 g/mol. The average molecular weight is 348 g/mol. The average Bonchev–Trinajstić information content (AvgIpc) is 2.59. The molecule has 1 heterocycles. The van der Waals surface area contributed by atoms with Gasteiger partial charge in [0.05, 0.1) is 5.02 Å². The van der Waals surface area contributed by atoms with Crippen molar-refractivity contribution in [2.24, 2.45) is 0 Å². The van der Waals surface area contributed by atoms with Gasteiger partial charge in [-0.25, -0.2) is 0 Å². The molecular weight excluding hydrogens is 330 g/mol. The van der Waals surface area contributed by atoms with Gasteiger partial charge in [0.1, 0.15) is 19.3 Å². The number of hydrogen-bond donors (Lipinski definition) is 2. The SMILES string of the molecule is O=C(O)[C@@H](Cc1ccccc1)NCc1cc(Cl)c2c(c1)OCCO2. The van der Waals surface area contributed by atoms with Gasteiger partial charge in [0.25, 0.3) is 0 Å². The normalized spacial score (nSPS) is 14.2. The lowest BCUT2D eigenvalue weighted by Crippen LogP contribution is -2.38. The van der Waals surface area contributed by atoms with E-state index in [9.17, 15) is 9.90 Å². The van der Waals surface area contributed by atoms with Crippen LogP contribution in [0.4, 0.5) is 0 Å². The zero-order valence-electron chi connectivity index (χ0n) is 13.0. The number of fused-ring (bicyclic) bond motifs is 1. The van der Waals surface area contributed by atoms with Crippen molar-refractivity contribution in [1.82, 2.24) is 5.32 Å². The van der Waals surface area contributed by atoms with Crippen LogP contribution in [0.15, 0.2) is 42.5 Å². The molecule has 3 rings (SSSR count). The van der Waals surface area contributed by atoms with Gasteiger partial charge in [0.15, 0.2) is 11.5 Å². The molecule has 0 saturated heterocycles. The summed E-state index contributed by atoms with van der Waals surface area (Å²) in [5.74, 6) is 0.258. The minimum atomic E-state index is -0.887. The zero-order valence-corrected chi connectivity index (χ0v) is 13.8. The quantitative estimate of drug-likeness (QED) is 0.841. The number of halogens is 1. The summed E-state index contributed by atoms with van der Waals surface area (Å²) in [5, 5.41) is 13.0. The number of nitrogens with one attached hydrogen (secondary N) is 1. The Bertz CT molecular complexity index is 720. The maximum absolute atomic E-state index is 11.5. The van der Waals surface area contributed by atoms with Gasteiger partial charge >= 0.3 is 5.97 Å². The minimum Gasteiger partial charge on any atom is -0.486 e.